The maximum absolute atomic E-state index is 5.45. The summed E-state index contributed by atoms with van der Waals surface area (Å²) >= 11 is 3.48. The summed E-state index contributed by atoms with van der Waals surface area (Å²) in [6.45, 7) is 6.53. The number of nitrogens with one attached hydrogen (secondary N) is 1. The van der Waals surface area contributed by atoms with Gasteiger partial charge in [-0.3, -0.25) is 0 Å². The topological polar surface area (TPSA) is 30.5 Å². The van der Waals surface area contributed by atoms with Gasteiger partial charge in [-0.15, -0.1) is 0 Å². The number of benzene rings is 1. The van der Waals surface area contributed by atoms with Crippen LogP contribution in [-0.4, -0.2) is 26.4 Å². The lowest BCUT2D eigenvalue weighted by Gasteiger charge is -2.13. The average Bonchev–Trinajstić information content (AvgIpc) is 2.29. The van der Waals surface area contributed by atoms with Crippen LogP contribution in [0, 0.1) is 0 Å². The zero-order chi connectivity index (χ0) is 12.7. The average molecular weight is 302 g/mol. The van der Waals surface area contributed by atoms with Gasteiger partial charge in [0.15, 0.2) is 0 Å². The first-order chi connectivity index (χ1) is 8.17. The zero-order valence-corrected chi connectivity index (χ0v) is 12.2. The van der Waals surface area contributed by atoms with Gasteiger partial charge in [0, 0.05) is 19.7 Å². The Morgan fingerprint density at radius 2 is 2.18 bits per heavy atom. The number of hydrogen-bond acceptors (Lipinski definition) is 3. The van der Waals surface area contributed by atoms with Crippen LogP contribution < -0.4 is 10.1 Å². The lowest BCUT2D eigenvalue weighted by molar-refractivity contribution is 0.0759. The molecule has 0 heterocycles. The first-order valence-electron chi connectivity index (χ1n) is 5.82. The SMILES string of the molecule is CCOC(C)CNCc1ccc(OC)c(Br)c1. The van der Waals surface area contributed by atoms with Crippen LogP contribution in [0.5, 0.6) is 5.75 Å². The van der Waals surface area contributed by atoms with Crippen molar-refractivity contribution in [2.45, 2.75) is 26.5 Å². The zero-order valence-electron chi connectivity index (χ0n) is 10.6. The van der Waals surface area contributed by atoms with Gasteiger partial charge in [0.2, 0.25) is 0 Å². The van der Waals surface area contributed by atoms with Crippen LogP contribution in [-0.2, 0) is 11.3 Å². The van der Waals surface area contributed by atoms with Gasteiger partial charge >= 0.3 is 0 Å². The van der Waals surface area contributed by atoms with E-state index in [0.29, 0.717) is 0 Å². The molecule has 1 atom stereocenters. The summed E-state index contributed by atoms with van der Waals surface area (Å²) in [5.74, 6) is 0.858. The number of halogens is 1. The molecule has 17 heavy (non-hydrogen) atoms. The van der Waals surface area contributed by atoms with E-state index in [-0.39, 0.29) is 6.10 Å². The standard InChI is InChI=1S/C13H20BrNO2/c1-4-17-10(2)8-15-9-11-5-6-13(16-3)12(14)7-11/h5-7,10,15H,4,8-9H2,1-3H3. The lowest BCUT2D eigenvalue weighted by atomic mass is 10.2. The van der Waals surface area contributed by atoms with Crippen LogP contribution in [0.4, 0.5) is 0 Å². The molecule has 1 aromatic rings. The molecular weight excluding hydrogens is 282 g/mol. The molecule has 4 heteroatoms. The number of rotatable bonds is 7. The highest BCUT2D eigenvalue weighted by Crippen LogP contribution is 2.25. The molecule has 0 aliphatic heterocycles. The third-order valence-corrected chi connectivity index (χ3v) is 3.05. The van der Waals surface area contributed by atoms with Gasteiger partial charge in [-0.25, -0.2) is 0 Å². The van der Waals surface area contributed by atoms with Gasteiger partial charge in [0.25, 0.3) is 0 Å². The van der Waals surface area contributed by atoms with E-state index in [2.05, 4.69) is 40.3 Å². The molecule has 0 aliphatic carbocycles. The third-order valence-electron chi connectivity index (χ3n) is 2.43. The molecule has 1 rings (SSSR count). The Balaban J connectivity index is 2.39. The van der Waals surface area contributed by atoms with Gasteiger partial charge in [0.05, 0.1) is 17.7 Å². The minimum absolute atomic E-state index is 0.252. The van der Waals surface area contributed by atoms with Crippen molar-refractivity contribution in [1.29, 1.82) is 0 Å². The molecule has 1 aromatic carbocycles. The minimum atomic E-state index is 0.252. The molecule has 0 radical (unpaired) electrons. The van der Waals surface area contributed by atoms with Crippen molar-refractivity contribution in [2.75, 3.05) is 20.3 Å². The van der Waals surface area contributed by atoms with E-state index in [1.54, 1.807) is 7.11 Å². The van der Waals surface area contributed by atoms with Crippen molar-refractivity contribution in [2.24, 2.45) is 0 Å². The van der Waals surface area contributed by atoms with Crippen LogP contribution in [0.15, 0.2) is 22.7 Å². The van der Waals surface area contributed by atoms with Crippen LogP contribution in [0.25, 0.3) is 0 Å². The predicted octanol–water partition coefficient (Wildman–Crippen LogP) is 2.97. The summed E-state index contributed by atoms with van der Waals surface area (Å²) in [5, 5.41) is 3.36. The van der Waals surface area contributed by atoms with E-state index < -0.39 is 0 Å². The summed E-state index contributed by atoms with van der Waals surface area (Å²) in [6.07, 6.45) is 0.252. The monoisotopic (exact) mass is 301 g/mol. The van der Waals surface area contributed by atoms with Crippen LogP contribution in [0.2, 0.25) is 0 Å². The van der Waals surface area contributed by atoms with Crippen molar-refractivity contribution in [3.8, 4) is 5.75 Å². The van der Waals surface area contributed by atoms with Gasteiger partial charge in [-0.05, 0) is 47.5 Å². The summed E-state index contributed by atoms with van der Waals surface area (Å²) in [5.41, 5.74) is 1.22. The largest absolute Gasteiger partial charge is 0.496 e. The van der Waals surface area contributed by atoms with Crippen LogP contribution >= 0.6 is 15.9 Å². The van der Waals surface area contributed by atoms with Gasteiger partial charge < -0.3 is 14.8 Å². The molecule has 0 aromatic heterocycles. The van der Waals surface area contributed by atoms with E-state index in [1.165, 1.54) is 5.56 Å². The highest BCUT2D eigenvalue weighted by molar-refractivity contribution is 9.10. The Hall–Kier alpha value is -0.580. The molecule has 0 saturated heterocycles. The Morgan fingerprint density at radius 3 is 2.76 bits per heavy atom. The first-order valence-corrected chi connectivity index (χ1v) is 6.61. The Bertz CT molecular complexity index is 344. The van der Waals surface area contributed by atoms with Crippen LogP contribution in [0.1, 0.15) is 19.4 Å². The third kappa shape index (κ3) is 5.06. The summed E-state index contributed by atoms with van der Waals surface area (Å²) in [4.78, 5) is 0. The molecule has 96 valence electrons. The molecule has 0 saturated carbocycles. The van der Waals surface area contributed by atoms with Crippen molar-refractivity contribution < 1.29 is 9.47 Å². The first kappa shape index (κ1) is 14.5. The fourth-order valence-electron chi connectivity index (χ4n) is 1.58. The fraction of sp³-hybridized carbons (Fsp3) is 0.538. The maximum atomic E-state index is 5.45. The minimum Gasteiger partial charge on any atom is -0.496 e. The Labute approximate surface area is 112 Å². The number of ether oxygens (including phenoxy) is 2. The van der Waals surface area contributed by atoms with E-state index >= 15 is 0 Å². The fourth-order valence-corrected chi connectivity index (χ4v) is 2.17. The summed E-state index contributed by atoms with van der Waals surface area (Å²) in [7, 11) is 1.67. The predicted molar refractivity (Wildman–Crippen MR) is 73.5 cm³/mol. The van der Waals surface area contributed by atoms with Gasteiger partial charge in [-0.1, -0.05) is 6.07 Å². The molecule has 0 bridgehead atoms. The molecule has 1 unspecified atom stereocenters. The Morgan fingerprint density at radius 1 is 1.41 bits per heavy atom. The van der Waals surface area contributed by atoms with Crippen LogP contribution in [0.3, 0.4) is 0 Å². The smallest absolute Gasteiger partial charge is 0.133 e. The summed E-state index contributed by atoms with van der Waals surface area (Å²) < 4.78 is 11.6. The molecule has 0 fully saturated rings. The van der Waals surface area contributed by atoms with Crippen molar-refractivity contribution in [3.05, 3.63) is 28.2 Å². The second-order valence-corrected chi connectivity index (χ2v) is 4.72. The second kappa shape index (κ2) is 7.69. The van der Waals surface area contributed by atoms with Crippen molar-refractivity contribution in [1.82, 2.24) is 5.32 Å². The lowest BCUT2D eigenvalue weighted by Crippen LogP contribution is -2.26. The molecular formula is C13H20BrNO2. The molecule has 0 aliphatic rings. The van der Waals surface area contributed by atoms with Gasteiger partial charge in [-0.2, -0.15) is 0 Å². The van der Waals surface area contributed by atoms with E-state index in [0.717, 1.165) is 29.9 Å². The van der Waals surface area contributed by atoms with Crippen molar-refractivity contribution >= 4 is 15.9 Å². The van der Waals surface area contributed by atoms with E-state index in [4.69, 9.17) is 9.47 Å². The number of methoxy groups -OCH3 is 1. The quantitative estimate of drug-likeness (QED) is 0.840. The second-order valence-electron chi connectivity index (χ2n) is 3.87. The maximum Gasteiger partial charge on any atom is 0.133 e. The molecule has 0 amide bonds. The molecule has 3 nitrogen and oxygen atoms in total. The molecule has 0 spiro atoms. The van der Waals surface area contributed by atoms with Crippen molar-refractivity contribution in [3.63, 3.8) is 0 Å². The highest BCUT2D eigenvalue weighted by Gasteiger charge is 2.03. The van der Waals surface area contributed by atoms with E-state index in [9.17, 15) is 0 Å². The summed E-state index contributed by atoms with van der Waals surface area (Å²) in [6, 6.07) is 6.09. The normalized spacial score (nSPS) is 12.5. The number of hydrogen-bond donors (Lipinski definition) is 1. The van der Waals surface area contributed by atoms with Gasteiger partial charge in [0.1, 0.15) is 5.75 Å². The van der Waals surface area contributed by atoms with E-state index in [1.807, 2.05) is 13.0 Å². The molecule has 1 N–H and O–H groups in total. The highest BCUT2D eigenvalue weighted by atomic mass is 79.9. The Kier molecular flexibility index (Phi) is 6.55.